The first-order valence-corrected chi connectivity index (χ1v) is 7.90. The van der Waals surface area contributed by atoms with Crippen molar-refractivity contribution >= 4 is 29.1 Å². The van der Waals surface area contributed by atoms with Crippen LogP contribution in [0.2, 0.25) is 0 Å². The average molecular weight is 338 g/mol. The molecule has 0 fully saturated rings. The lowest BCUT2D eigenvalue weighted by molar-refractivity contribution is -0.118. The zero-order chi connectivity index (χ0) is 18.1. The summed E-state index contributed by atoms with van der Waals surface area (Å²) in [5.74, 6) is -0.696. The van der Waals surface area contributed by atoms with E-state index in [-0.39, 0.29) is 23.6 Å². The van der Waals surface area contributed by atoms with E-state index in [0.29, 0.717) is 28.3 Å². The molecule has 1 aliphatic heterocycles. The SMILES string of the molecule is COc1cc(N2C(=O)c3ccccc3C2=O)ccc1NC(=O)C(C)C. The molecule has 0 saturated heterocycles. The second-order valence-electron chi connectivity index (χ2n) is 6.02. The average Bonchev–Trinajstić information content (AvgIpc) is 2.86. The molecule has 0 aromatic heterocycles. The monoisotopic (exact) mass is 338 g/mol. The Balaban J connectivity index is 1.96. The van der Waals surface area contributed by atoms with Gasteiger partial charge < -0.3 is 10.1 Å². The summed E-state index contributed by atoms with van der Waals surface area (Å²) in [6.45, 7) is 3.57. The van der Waals surface area contributed by atoms with Crippen molar-refractivity contribution in [3.05, 3.63) is 53.6 Å². The molecule has 0 saturated carbocycles. The Labute approximate surface area is 145 Å². The number of anilines is 2. The van der Waals surface area contributed by atoms with Crippen LogP contribution in [0.25, 0.3) is 0 Å². The minimum atomic E-state index is -0.374. The van der Waals surface area contributed by atoms with Gasteiger partial charge in [-0.05, 0) is 24.3 Å². The molecule has 3 rings (SSSR count). The normalized spacial score (nSPS) is 13.2. The number of fused-ring (bicyclic) bond motifs is 1. The summed E-state index contributed by atoms with van der Waals surface area (Å²) in [4.78, 5) is 38.1. The number of hydrogen-bond acceptors (Lipinski definition) is 4. The van der Waals surface area contributed by atoms with Gasteiger partial charge in [0.05, 0.1) is 29.6 Å². The quantitative estimate of drug-likeness (QED) is 0.869. The van der Waals surface area contributed by atoms with Crippen LogP contribution in [0.3, 0.4) is 0 Å². The minimum absolute atomic E-state index is 0.146. The molecule has 128 valence electrons. The molecule has 0 bridgehead atoms. The van der Waals surface area contributed by atoms with E-state index in [1.807, 2.05) is 0 Å². The molecule has 6 nitrogen and oxygen atoms in total. The third-order valence-corrected chi connectivity index (χ3v) is 4.02. The molecule has 6 heteroatoms. The summed E-state index contributed by atoms with van der Waals surface area (Å²) < 4.78 is 5.31. The van der Waals surface area contributed by atoms with E-state index in [9.17, 15) is 14.4 Å². The number of imide groups is 1. The fraction of sp³-hybridized carbons (Fsp3) is 0.211. The Bertz CT molecular complexity index is 838. The van der Waals surface area contributed by atoms with Crippen molar-refractivity contribution in [2.45, 2.75) is 13.8 Å². The van der Waals surface area contributed by atoms with Crippen LogP contribution in [-0.2, 0) is 4.79 Å². The number of carbonyl (C=O) groups is 3. The zero-order valence-corrected chi connectivity index (χ0v) is 14.2. The number of amides is 3. The number of rotatable bonds is 4. The second-order valence-corrected chi connectivity index (χ2v) is 6.02. The lowest BCUT2D eigenvalue weighted by Gasteiger charge is -2.17. The Morgan fingerprint density at radius 3 is 2.16 bits per heavy atom. The molecule has 25 heavy (non-hydrogen) atoms. The standard InChI is InChI=1S/C19H18N2O4/c1-11(2)17(22)20-15-9-8-12(10-16(15)25-3)21-18(23)13-6-4-5-7-14(13)19(21)24/h4-11H,1-3H3,(H,20,22). The van der Waals surface area contributed by atoms with Crippen molar-refractivity contribution in [3.8, 4) is 5.75 Å². The molecule has 2 aromatic rings. The molecule has 0 unspecified atom stereocenters. The van der Waals surface area contributed by atoms with Gasteiger partial charge in [0, 0.05) is 12.0 Å². The molecule has 1 heterocycles. The van der Waals surface area contributed by atoms with E-state index in [1.165, 1.54) is 7.11 Å². The highest BCUT2D eigenvalue weighted by molar-refractivity contribution is 6.34. The molecule has 2 aromatic carbocycles. The molecular formula is C19H18N2O4. The molecule has 3 amide bonds. The molecule has 1 N–H and O–H groups in total. The summed E-state index contributed by atoms with van der Waals surface area (Å²) in [6.07, 6.45) is 0. The molecule has 1 aliphatic rings. The van der Waals surface area contributed by atoms with Gasteiger partial charge in [-0.25, -0.2) is 4.90 Å². The van der Waals surface area contributed by atoms with Crippen molar-refractivity contribution in [2.24, 2.45) is 5.92 Å². The van der Waals surface area contributed by atoms with Gasteiger partial charge in [0.2, 0.25) is 5.91 Å². The van der Waals surface area contributed by atoms with Gasteiger partial charge in [0.25, 0.3) is 11.8 Å². The second kappa shape index (κ2) is 6.39. The van der Waals surface area contributed by atoms with Gasteiger partial charge in [-0.2, -0.15) is 0 Å². The van der Waals surface area contributed by atoms with E-state index in [2.05, 4.69) is 5.32 Å². The van der Waals surface area contributed by atoms with Crippen LogP contribution < -0.4 is 15.0 Å². The predicted molar refractivity (Wildman–Crippen MR) is 94.0 cm³/mol. The number of methoxy groups -OCH3 is 1. The largest absolute Gasteiger partial charge is 0.494 e. The minimum Gasteiger partial charge on any atom is -0.494 e. The van der Waals surface area contributed by atoms with Crippen molar-refractivity contribution in [2.75, 3.05) is 17.3 Å². The predicted octanol–water partition coefficient (Wildman–Crippen LogP) is 3.09. The van der Waals surface area contributed by atoms with Crippen molar-refractivity contribution in [1.29, 1.82) is 0 Å². The Kier molecular flexibility index (Phi) is 4.27. The first-order chi connectivity index (χ1) is 11.9. The summed E-state index contributed by atoms with van der Waals surface area (Å²) in [7, 11) is 1.46. The molecule has 0 aliphatic carbocycles. The van der Waals surface area contributed by atoms with Crippen molar-refractivity contribution in [3.63, 3.8) is 0 Å². The summed E-state index contributed by atoms with van der Waals surface area (Å²) in [5.41, 5.74) is 1.64. The number of ether oxygens (including phenoxy) is 1. The van der Waals surface area contributed by atoms with Crippen molar-refractivity contribution in [1.82, 2.24) is 0 Å². The number of nitrogens with zero attached hydrogens (tertiary/aromatic N) is 1. The highest BCUT2D eigenvalue weighted by atomic mass is 16.5. The maximum Gasteiger partial charge on any atom is 0.266 e. The van der Waals surface area contributed by atoms with E-state index in [1.54, 1.807) is 56.3 Å². The summed E-state index contributed by atoms with van der Waals surface area (Å²) >= 11 is 0. The lowest BCUT2D eigenvalue weighted by atomic mass is 10.1. The number of hydrogen-bond donors (Lipinski definition) is 1. The summed E-state index contributed by atoms with van der Waals surface area (Å²) in [6, 6.07) is 11.5. The highest BCUT2D eigenvalue weighted by Crippen LogP contribution is 2.34. The summed E-state index contributed by atoms with van der Waals surface area (Å²) in [5, 5.41) is 2.77. The van der Waals surface area contributed by atoms with Crippen LogP contribution in [0.1, 0.15) is 34.6 Å². The molecule has 0 radical (unpaired) electrons. The van der Waals surface area contributed by atoms with Crippen LogP contribution in [0.15, 0.2) is 42.5 Å². The topological polar surface area (TPSA) is 75.7 Å². The Morgan fingerprint density at radius 2 is 1.64 bits per heavy atom. The fourth-order valence-corrected chi connectivity index (χ4v) is 2.62. The first-order valence-electron chi connectivity index (χ1n) is 7.90. The van der Waals surface area contributed by atoms with Crippen molar-refractivity contribution < 1.29 is 19.1 Å². The smallest absolute Gasteiger partial charge is 0.266 e. The zero-order valence-electron chi connectivity index (χ0n) is 14.2. The van der Waals surface area contributed by atoms with Crippen LogP contribution in [0.4, 0.5) is 11.4 Å². The molecule has 0 atom stereocenters. The van der Waals surface area contributed by atoms with Gasteiger partial charge in [0.1, 0.15) is 5.75 Å². The third kappa shape index (κ3) is 2.87. The Morgan fingerprint density at radius 1 is 1.04 bits per heavy atom. The van der Waals surface area contributed by atoms with Crippen LogP contribution in [0, 0.1) is 5.92 Å². The maximum absolute atomic E-state index is 12.6. The third-order valence-electron chi connectivity index (χ3n) is 4.02. The lowest BCUT2D eigenvalue weighted by Crippen LogP contribution is -2.29. The van der Waals surface area contributed by atoms with Crippen LogP contribution in [0.5, 0.6) is 5.75 Å². The van der Waals surface area contributed by atoms with E-state index in [4.69, 9.17) is 4.74 Å². The van der Waals surface area contributed by atoms with Gasteiger partial charge >= 0.3 is 0 Å². The van der Waals surface area contributed by atoms with Crippen LogP contribution >= 0.6 is 0 Å². The highest BCUT2D eigenvalue weighted by Gasteiger charge is 2.36. The van der Waals surface area contributed by atoms with Crippen LogP contribution in [-0.4, -0.2) is 24.8 Å². The number of carbonyl (C=O) groups excluding carboxylic acids is 3. The fourth-order valence-electron chi connectivity index (χ4n) is 2.62. The van der Waals surface area contributed by atoms with E-state index in [0.717, 1.165) is 4.90 Å². The van der Waals surface area contributed by atoms with Gasteiger partial charge in [-0.15, -0.1) is 0 Å². The number of nitrogens with one attached hydrogen (secondary N) is 1. The van der Waals surface area contributed by atoms with Gasteiger partial charge in [0.15, 0.2) is 0 Å². The van der Waals surface area contributed by atoms with E-state index >= 15 is 0 Å². The first kappa shape index (κ1) is 16.7. The Hall–Kier alpha value is -3.15. The molecule has 0 spiro atoms. The van der Waals surface area contributed by atoms with E-state index < -0.39 is 0 Å². The van der Waals surface area contributed by atoms with Gasteiger partial charge in [-0.1, -0.05) is 26.0 Å². The van der Waals surface area contributed by atoms with Gasteiger partial charge in [-0.3, -0.25) is 14.4 Å². The molecular weight excluding hydrogens is 320 g/mol. The maximum atomic E-state index is 12.6. The number of benzene rings is 2.